The summed E-state index contributed by atoms with van der Waals surface area (Å²) in [6.07, 6.45) is 10.0. The molecular formula is C28H32FN3O3. The van der Waals surface area contributed by atoms with Gasteiger partial charge in [-0.25, -0.2) is 4.39 Å². The lowest BCUT2D eigenvalue weighted by molar-refractivity contribution is -0.136. The molecule has 1 atom stereocenters. The Labute approximate surface area is 205 Å². The van der Waals surface area contributed by atoms with Gasteiger partial charge in [-0.15, -0.1) is 0 Å². The lowest BCUT2D eigenvalue weighted by Gasteiger charge is -2.32. The molecule has 3 N–H and O–H groups in total. The Kier molecular flexibility index (Phi) is 7.85. The predicted octanol–water partition coefficient (Wildman–Crippen LogP) is 5.86. The number of rotatable bonds is 9. The van der Waals surface area contributed by atoms with Crippen LogP contribution in [0, 0.1) is 18.7 Å². The standard InChI is InChI=1S/C28H32FN3O3/c1-19-17-32(24-9-5-8-22(29)16-24)18-25(19)27(20-6-3-2-4-7-20)31-23-12-10-21(11-13-23)28(35)30-15-14-26(33)34/h5,8-13,16-18,20,27,31H,2-4,6-7,14-15H2,1H3,(H,30,35)(H,33,34). The number of anilines is 1. The highest BCUT2D eigenvalue weighted by atomic mass is 19.1. The minimum atomic E-state index is -0.944. The molecule has 1 aliphatic rings. The Morgan fingerprint density at radius 3 is 2.51 bits per heavy atom. The average Bonchev–Trinajstić information content (AvgIpc) is 3.24. The molecule has 184 valence electrons. The molecular weight excluding hydrogens is 445 g/mol. The summed E-state index contributed by atoms with van der Waals surface area (Å²) < 4.78 is 15.8. The van der Waals surface area contributed by atoms with Crippen molar-refractivity contribution < 1.29 is 19.1 Å². The van der Waals surface area contributed by atoms with Crippen LogP contribution >= 0.6 is 0 Å². The zero-order chi connectivity index (χ0) is 24.8. The molecule has 0 bridgehead atoms. The van der Waals surface area contributed by atoms with Crippen molar-refractivity contribution in [3.63, 3.8) is 0 Å². The van der Waals surface area contributed by atoms with E-state index in [0.717, 1.165) is 29.8 Å². The smallest absolute Gasteiger partial charge is 0.305 e. The number of aliphatic carboxylic acids is 1. The van der Waals surface area contributed by atoms with Crippen molar-refractivity contribution in [2.45, 2.75) is 51.5 Å². The van der Waals surface area contributed by atoms with Crippen LogP contribution in [0.5, 0.6) is 0 Å². The molecule has 7 heteroatoms. The van der Waals surface area contributed by atoms with Crippen molar-refractivity contribution in [1.82, 2.24) is 9.88 Å². The topological polar surface area (TPSA) is 83.4 Å². The van der Waals surface area contributed by atoms with Gasteiger partial charge in [0.05, 0.1) is 12.5 Å². The van der Waals surface area contributed by atoms with Crippen molar-refractivity contribution >= 4 is 17.6 Å². The monoisotopic (exact) mass is 477 g/mol. The normalized spacial score (nSPS) is 14.9. The van der Waals surface area contributed by atoms with E-state index >= 15 is 0 Å². The number of carbonyl (C=O) groups excluding carboxylic acids is 1. The van der Waals surface area contributed by atoms with Crippen molar-refractivity contribution in [3.8, 4) is 5.69 Å². The van der Waals surface area contributed by atoms with Crippen LogP contribution in [0.15, 0.2) is 60.9 Å². The Morgan fingerprint density at radius 2 is 1.83 bits per heavy atom. The minimum absolute atomic E-state index is 0.0967. The molecule has 1 heterocycles. The van der Waals surface area contributed by atoms with Gasteiger partial charge in [-0.2, -0.15) is 0 Å². The SMILES string of the molecule is Cc1cn(-c2cccc(F)c2)cc1C(Nc1ccc(C(=O)NCCC(=O)O)cc1)C1CCCCC1. The number of benzene rings is 2. The van der Waals surface area contributed by atoms with Crippen LogP contribution in [0.25, 0.3) is 5.69 Å². The summed E-state index contributed by atoms with van der Waals surface area (Å²) in [6, 6.07) is 14.0. The Balaban J connectivity index is 1.54. The molecule has 1 unspecified atom stereocenters. The summed E-state index contributed by atoms with van der Waals surface area (Å²) in [5, 5.41) is 15.1. The maximum atomic E-state index is 13.8. The fourth-order valence-electron chi connectivity index (χ4n) is 4.88. The quantitative estimate of drug-likeness (QED) is 0.360. The number of nitrogens with zero attached hydrogens (tertiary/aromatic N) is 1. The largest absolute Gasteiger partial charge is 0.481 e. The molecule has 1 saturated carbocycles. The van der Waals surface area contributed by atoms with E-state index in [1.165, 1.54) is 37.0 Å². The number of carboxylic acid groups (broad SMARTS) is 1. The number of hydrogen-bond donors (Lipinski definition) is 3. The number of aromatic nitrogens is 1. The summed E-state index contributed by atoms with van der Waals surface area (Å²) in [5.74, 6) is -1.01. The first-order valence-corrected chi connectivity index (χ1v) is 12.2. The van der Waals surface area contributed by atoms with E-state index in [1.54, 1.807) is 18.2 Å². The van der Waals surface area contributed by atoms with Crippen LogP contribution in [-0.2, 0) is 4.79 Å². The van der Waals surface area contributed by atoms with E-state index in [1.807, 2.05) is 29.0 Å². The van der Waals surface area contributed by atoms with Crippen LogP contribution in [-0.4, -0.2) is 28.1 Å². The average molecular weight is 478 g/mol. The van der Waals surface area contributed by atoms with E-state index in [-0.39, 0.29) is 30.7 Å². The molecule has 0 saturated heterocycles. The Bertz CT molecular complexity index is 1170. The van der Waals surface area contributed by atoms with Gasteiger partial charge in [0, 0.05) is 35.9 Å². The first kappa shape index (κ1) is 24.5. The first-order valence-electron chi connectivity index (χ1n) is 12.2. The van der Waals surface area contributed by atoms with E-state index in [9.17, 15) is 14.0 Å². The van der Waals surface area contributed by atoms with Gasteiger partial charge < -0.3 is 20.3 Å². The molecule has 1 aliphatic carbocycles. The number of halogens is 1. The molecule has 0 aliphatic heterocycles. The van der Waals surface area contributed by atoms with E-state index in [2.05, 4.69) is 23.8 Å². The van der Waals surface area contributed by atoms with Crippen LogP contribution in [0.3, 0.4) is 0 Å². The van der Waals surface area contributed by atoms with Gasteiger partial charge in [-0.1, -0.05) is 25.3 Å². The lowest BCUT2D eigenvalue weighted by atomic mass is 9.81. The third kappa shape index (κ3) is 6.29. The molecule has 0 radical (unpaired) electrons. The van der Waals surface area contributed by atoms with E-state index in [4.69, 9.17) is 5.11 Å². The summed E-state index contributed by atoms with van der Waals surface area (Å²) in [4.78, 5) is 22.9. The molecule has 0 spiro atoms. The maximum Gasteiger partial charge on any atom is 0.305 e. The van der Waals surface area contributed by atoms with Gasteiger partial charge in [0.2, 0.25) is 0 Å². The van der Waals surface area contributed by atoms with Crippen LogP contribution in [0.2, 0.25) is 0 Å². The Hall–Kier alpha value is -3.61. The maximum absolute atomic E-state index is 13.8. The van der Waals surface area contributed by atoms with Crippen LogP contribution in [0.1, 0.15) is 66.1 Å². The molecule has 35 heavy (non-hydrogen) atoms. The lowest BCUT2D eigenvalue weighted by Crippen LogP contribution is -2.26. The van der Waals surface area contributed by atoms with Gasteiger partial charge in [0.1, 0.15) is 5.82 Å². The molecule has 1 fully saturated rings. The Morgan fingerprint density at radius 1 is 1.09 bits per heavy atom. The minimum Gasteiger partial charge on any atom is -0.481 e. The summed E-state index contributed by atoms with van der Waals surface area (Å²) >= 11 is 0. The third-order valence-corrected chi connectivity index (χ3v) is 6.72. The van der Waals surface area contributed by atoms with Crippen molar-refractivity contribution in [2.24, 2.45) is 5.92 Å². The van der Waals surface area contributed by atoms with Gasteiger partial charge in [0.25, 0.3) is 5.91 Å². The number of aryl methyl sites for hydroxylation is 1. The fourth-order valence-corrected chi connectivity index (χ4v) is 4.88. The van der Waals surface area contributed by atoms with Crippen LogP contribution < -0.4 is 10.6 Å². The highest BCUT2D eigenvalue weighted by molar-refractivity contribution is 5.94. The highest BCUT2D eigenvalue weighted by Gasteiger charge is 2.27. The second-order valence-electron chi connectivity index (χ2n) is 9.28. The van der Waals surface area contributed by atoms with Gasteiger partial charge in [-0.3, -0.25) is 9.59 Å². The number of amides is 1. The van der Waals surface area contributed by atoms with E-state index in [0.29, 0.717) is 11.5 Å². The highest BCUT2D eigenvalue weighted by Crippen LogP contribution is 2.38. The van der Waals surface area contributed by atoms with Crippen molar-refractivity contribution in [3.05, 3.63) is 83.4 Å². The second-order valence-corrected chi connectivity index (χ2v) is 9.28. The zero-order valence-corrected chi connectivity index (χ0v) is 20.0. The summed E-state index contributed by atoms with van der Waals surface area (Å²) in [5.41, 5.74) is 4.53. The molecule has 6 nitrogen and oxygen atoms in total. The number of carboxylic acids is 1. The third-order valence-electron chi connectivity index (χ3n) is 6.72. The number of carbonyl (C=O) groups is 2. The molecule has 1 aromatic heterocycles. The number of nitrogens with one attached hydrogen (secondary N) is 2. The van der Waals surface area contributed by atoms with Crippen molar-refractivity contribution in [2.75, 3.05) is 11.9 Å². The number of hydrogen-bond acceptors (Lipinski definition) is 3. The van der Waals surface area contributed by atoms with E-state index < -0.39 is 5.97 Å². The summed E-state index contributed by atoms with van der Waals surface area (Å²) in [6.45, 7) is 2.19. The predicted molar refractivity (Wildman–Crippen MR) is 134 cm³/mol. The second kappa shape index (κ2) is 11.2. The fraction of sp³-hybridized carbons (Fsp3) is 0.357. The van der Waals surface area contributed by atoms with Crippen molar-refractivity contribution in [1.29, 1.82) is 0 Å². The van der Waals surface area contributed by atoms with Gasteiger partial charge in [-0.05, 0) is 79.3 Å². The molecule has 4 rings (SSSR count). The molecule has 3 aromatic rings. The first-order chi connectivity index (χ1) is 16.9. The zero-order valence-electron chi connectivity index (χ0n) is 20.0. The van der Waals surface area contributed by atoms with Gasteiger partial charge in [0.15, 0.2) is 0 Å². The molecule has 2 aromatic carbocycles. The van der Waals surface area contributed by atoms with Crippen LogP contribution in [0.4, 0.5) is 10.1 Å². The van der Waals surface area contributed by atoms with Gasteiger partial charge >= 0.3 is 5.97 Å². The summed E-state index contributed by atoms with van der Waals surface area (Å²) in [7, 11) is 0. The molecule has 1 amide bonds.